The number of hydrogen-bond acceptors (Lipinski definition) is 4. The van der Waals surface area contributed by atoms with Gasteiger partial charge in [-0.15, -0.1) is 0 Å². The molecule has 0 atom stereocenters. The highest BCUT2D eigenvalue weighted by atomic mass is 19.1. The maximum Gasteiger partial charge on any atom is 0.224 e. The van der Waals surface area contributed by atoms with Crippen molar-refractivity contribution in [1.82, 2.24) is 9.97 Å². The predicted octanol–water partition coefficient (Wildman–Crippen LogP) is 4.31. The maximum absolute atomic E-state index is 13.7. The van der Waals surface area contributed by atoms with Gasteiger partial charge in [0.05, 0.1) is 0 Å². The molecule has 0 saturated heterocycles. The molecule has 2 heterocycles. The first-order valence-corrected chi connectivity index (χ1v) is 8.47. The fraction of sp³-hybridized carbons (Fsp3) is 0.200. The van der Waals surface area contributed by atoms with Crippen LogP contribution in [0.2, 0.25) is 0 Å². The Bertz CT molecular complexity index is 881. The summed E-state index contributed by atoms with van der Waals surface area (Å²) in [5.74, 6) is 1.14. The number of hydrogen-bond donors (Lipinski definition) is 1. The van der Waals surface area contributed by atoms with E-state index in [9.17, 15) is 4.39 Å². The van der Waals surface area contributed by atoms with Crippen LogP contribution in [0.25, 0.3) is 0 Å². The highest BCUT2D eigenvalue weighted by molar-refractivity contribution is 5.65. The number of rotatable bonds is 4. The average Bonchev–Trinajstić information content (AvgIpc) is 2.67. The van der Waals surface area contributed by atoms with E-state index in [-0.39, 0.29) is 5.82 Å². The highest BCUT2D eigenvalue weighted by Gasteiger charge is 2.19. The summed E-state index contributed by atoms with van der Waals surface area (Å²) in [7, 11) is 0. The molecule has 4 rings (SSSR count). The second kappa shape index (κ2) is 6.89. The van der Waals surface area contributed by atoms with Crippen LogP contribution in [0.15, 0.2) is 60.8 Å². The van der Waals surface area contributed by atoms with Gasteiger partial charge in [0.25, 0.3) is 0 Å². The van der Waals surface area contributed by atoms with Gasteiger partial charge in [0.2, 0.25) is 5.95 Å². The molecular formula is C20H19FN4. The van der Waals surface area contributed by atoms with Gasteiger partial charge in [-0.2, -0.15) is 4.98 Å². The quantitative estimate of drug-likeness (QED) is 0.772. The number of aryl methyl sites for hydroxylation is 1. The lowest BCUT2D eigenvalue weighted by Crippen LogP contribution is -2.25. The molecule has 25 heavy (non-hydrogen) atoms. The van der Waals surface area contributed by atoms with Crippen molar-refractivity contribution in [3.05, 3.63) is 77.7 Å². The van der Waals surface area contributed by atoms with Crippen LogP contribution in [0, 0.1) is 5.82 Å². The SMILES string of the molecule is Fc1ccccc1CNc1nccc(N2CCCc3ccccc32)n1. The lowest BCUT2D eigenvalue weighted by molar-refractivity contribution is 0.612. The summed E-state index contributed by atoms with van der Waals surface area (Å²) in [6, 6.07) is 17.1. The summed E-state index contributed by atoms with van der Waals surface area (Å²) in [6.45, 7) is 1.29. The molecule has 1 aliphatic rings. The molecule has 1 aliphatic heterocycles. The van der Waals surface area contributed by atoms with E-state index in [0.717, 1.165) is 25.2 Å². The lowest BCUT2D eigenvalue weighted by Gasteiger charge is -2.30. The van der Waals surface area contributed by atoms with Crippen LogP contribution in [0.4, 0.5) is 21.8 Å². The van der Waals surface area contributed by atoms with Gasteiger partial charge in [0.1, 0.15) is 11.6 Å². The molecular weight excluding hydrogens is 315 g/mol. The Labute approximate surface area is 146 Å². The monoisotopic (exact) mass is 334 g/mol. The number of halogens is 1. The fourth-order valence-corrected chi connectivity index (χ4v) is 3.17. The smallest absolute Gasteiger partial charge is 0.224 e. The van der Waals surface area contributed by atoms with E-state index in [2.05, 4.69) is 44.5 Å². The van der Waals surface area contributed by atoms with Crippen molar-refractivity contribution in [2.45, 2.75) is 19.4 Å². The van der Waals surface area contributed by atoms with Crippen LogP contribution in [-0.4, -0.2) is 16.5 Å². The molecule has 0 fully saturated rings. The zero-order chi connectivity index (χ0) is 17.1. The van der Waals surface area contributed by atoms with Crippen molar-refractivity contribution in [2.75, 3.05) is 16.8 Å². The summed E-state index contributed by atoms with van der Waals surface area (Å²) in [5.41, 5.74) is 3.14. The van der Waals surface area contributed by atoms with Gasteiger partial charge in [-0.1, -0.05) is 36.4 Å². The fourth-order valence-electron chi connectivity index (χ4n) is 3.17. The van der Waals surface area contributed by atoms with Crippen LogP contribution in [-0.2, 0) is 13.0 Å². The van der Waals surface area contributed by atoms with Gasteiger partial charge >= 0.3 is 0 Å². The molecule has 1 aromatic heterocycles. The summed E-state index contributed by atoms with van der Waals surface area (Å²) >= 11 is 0. The Balaban J connectivity index is 1.55. The highest BCUT2D eigenvalue weighted by Crippen LogP contribution is 2.32. The third-order valence-electron chi connectivity index (χ3n) is 4.42. The second-order valence-electron chi connectivity index (χ2n) is 6.07. The zero-order valence-electron chi connectivity index (χ0n) is 13.8. The van der Waals surface area contributed by atoms with Gasteiger partial charge < -0.3 is 10.2 Å². The van der Waals surface area contributed by atoms with Crippen LogP contribution in [0.3, 0.4) is 0 Å². The molecule has 0 aliphatic carbocycles. The predicted molar refractivity (Wildman–Crippen MR) is 97.5 cm³/mol. The van der Waals surface area contributed by atoms with E-state index in [0.29, 0.717) is 18.1 Å². The summed E-state index contributed by atoms with van der Waals surface area (Å²) in [6.07, 6.45) is 3.93. The molecule has 0 radical (unpaired) electrons. The van der Waals surface area contributed by atoms with E-state index in [1.54, 1.807) is 18.3 Å². The van der Waals surface area contributed by atoms with Crippen molar-refractivity contribution < 1.29 is 4.39 Å². The van der Waals surface area contributed by atoms with Crippen LogP contribution < -0.4 is 10.2 Å². The number of benzene rings is 2. The molecule has 2 aromatic carbocycles. The molecule has 1 N–H and O–H groups in total. The molecule has 0 spiro atoms. The summed E-state index contributed by atoms with van der Waals surface area (Å²) < 4.78 is 13.7. The molecule has 0 unspecified atom stereocenters. The van der Waals surface area contributed by atoms with Crippen molar-refractivity contribution in [2.24, 2.45) is 0 Å². The largest absolute Gasteiger partial charge is 0.350 e. The zero-order valence-corrected chi connectivity index (χ0v) is 13.8. The van der Waals surface area contributed by atoms with Crippen molar-refractivity contribution in [3.8, 4) is 0 Å². The number of fused-ring (bicyclic) bond motifs is 1. The van der Waals surface area contributed by atoms with Gasteiger partial charge in [-0.05, 0) is 36.6 Å². The average molecular weight is 334 g/mol. The first-order valence-electron chi connectivity index (χ1n) is 8.47. The minimum absolute atomic E-state index is 0.226. The number of aromatic nitrogens is 2. The van der Waals surface area contributed by atoms with Crippen molar-refractivity contribution in [1.29, 1.82) is 0 Å². The van der Waals surface area contributed by atoms with E-state index in [1.165, 1.54) is 17.3 Å². The number of para-hydroxylation sites is 1. The van der Waals surface area contributed by atoms with Gasteiger partial charge in [-0.25, -0.2) is 9.37 Å². The Kier molecular flexibility index (Phi) is 4.29. The first kappa shape index (κ1) is 15.6. The second-order valence-corrected chi connectivity index (χ2v) is 6.07. The Morgan fingerprint density at radius 3 is 2.80 bits per heavy atom. The normalized spacial score (nSPS) is 13.4. The van der Waals surface area contributed by atoms with E-state index < -0.39 is 0 Å². The minimum atomic E-state index is -0.226. The number of nitrogens with zero attached hydrogens (tertiary/aromatic N) is 3. The van der Waals surface area contributed by atoms with E-state index >= 15 is 0 Å². The van der Waals surface area contributed by atoms with Crippen molar-refractivity contribution >= 4 is 17.5 Å². The summed E-state index contributed by atoms with van der Waals surface area (Å²) in [4.78, 5) is 11.1. The Morgan fingerprint density at radius 2 is 1.88 bits per heavy atom. The Morgan fingerprint density at radius 1 is 1.04 bits per heavy atom. The first-order chi connectivity index (χ1) is 12.3. The van der Waals surface area contributed by atoms with Gasteiger partial charge in [0.15, 0.2) is 0 Å². The number of anilines is 3. The van der Waals surface area contributed by atoms with Crippen LogP contribution in [0.1, 0.15) is 17.5 Å². The lowest BCUT2D eigenvalue weighted by atomic mass is 10.0. The topological polar surface area (TPSA) is 41.1 Å². The molecule has 5 heteroatoms. The molecule has 126 valence electrons. The van der Waals surface area contributed by atoms with E-state index in [4.69, 9.17) is 0 Å². The van der Waals surface area contributed by atoms with Crippen molar-refractivity contribution in [3.63, 3.8) is 0 Å². The Hall–Kier alpha value is -2.95. The van der Waals surface area contributed by atoms with Gasteiger partial charge in [0, 0.05) is 30.5 Å². The van der Waals surface area contributed by atoms with Gasteiger partial charge in [-0.3, -0.25) is 0 Å². The standard InChI is InChI=1S/C20H19FN4/c21-17-9-3-1-7-16(17)14-23-20-22-12-11-19(24-20)25-13-5-8-15-6-2-4-10-18(15)25/h1-4,6-7,9-12H,5,8,13-14H2,(H,22,23,24). The molecule has 0 bridgehead atoms. The minimum Gasteiger partial charge on any atom is -0.350 e. The molecule has 0 amide bonds. The number of nitrogens with one attached hydrogen (secondary N) is 1. The van der Waals surface area contributed by atoms with Crippen LogP contribution >= 0.6 is 0 Å². The maximum atomic E-state index is 13.7. The molecule has 4 nitrogen and oxygen atoms in total. The van der Waals surface area contributed by atoms with E-state index in [1.807, 2.05) is 12.1 Å². The summed E-state index contributed by atoms with van der Waals surface area (Å²) in [5, 5.41) is 3.12. The molecule has 0 saturated carbocycles. The third kappa shape index (κ3) is 3.31. The molecule has 3 aromatic rings. The van der Waals surface area contributed by atoms with Crippen LogP contribution in [0.5, 0.6) is 0 Å². The third-order valence-corrected chi connectivity index (χ3v) is 4.42.